The molecular weight excluding hydrogens is 230 g/mol. The van der Waals surface area contributed by atoms with Crippen molar-refractivity contribution in [2.75, 3.05) is 6.54 Å². The second-order valence-electron chi connectivity index (χ2n) is 4.66. The number of rotatable bonds is 4. The average molecular weight is 247 g/mol. The van der Waals surface area contributed by atoms with Crippen LogP contribution in [-0.4, -0.2) is 36.3 Å². The van der Waals surface area contributed by atoms with E-state index in [-0.39, 0.29) is 0 Å². The van der Waals surface area contributed by atoms with E-state index in [1.165, 1.54) is 25.7 Å². The predicted octanol–water partition coefficient (Wildman–Crippen LogP) is 0.610. The van der Waals surface area contributed by atoms with Crippen molar-refractivity contribution in [3.8, 4) is 11.5 Å². The minimum atomic E-state index is 0.509. The van der Waals surface area contributed by atoms with Crippen LogP contribution in [0.15, 0.2) is 12.5 Å². The molecule has 1 aliphatic carbocycles. The molecule has 2 heterocycles. The van der Waals surface area contributed by atoms with E-state index in [0.717, 1.165) is 11.5 Å². The minimum absolute atomic E-state index is 0.509. The lowest BCUT2D eigenvalue weighted by atomic mass is 10.2. The molecule has 2 aromatic rings. The lowest BCUT2D eigenvalue weighted by molar-refractivity contribution is 0.521. The second kappa shape index (κ2) is 4.85. The fraction of sp³-hybridized carbons (Fsp3) is 0.636. The molecule has 1 fully saturated rings. The quantitative estimate of drug-likeness (QED) is 0.855. The van der Waals surface area contributed by atoms with Gasteiger partial charge in [-0.15, -0.1) is 15.3 Å². The Kier molecular flexibility index (Phi) is 3.06. The van der Waals surface area contributed by atoms with Gasteiger partial charge in [-0.25, -0.2) is 0 Å². The summed E-state index contributed by atoms with van der Waals surface area (Å²) in [5.74, 6) is 0.810. The van der Waals surface area contributed by atoms with E-state index in [4.69, 9.17) is 5.73 Å². The van der Waals surface area contributed by atoms with Crippen LogP contribution >= 0.6 is 0 Å². The number of hydrogen-bond donors (Lipinski definition) is 1. The molecule has 0 unspecified atom stereocenters. The van der Waals surface area contributed by atoms with E-state index in [9.17, 15) is 0 Å². The molecule has 0 spiro atoms. The Balaban J connectivity index is 1.88. The SMILES string of the molecule is NCCn1cc(-c2nncn2C2CCCC2)nn1. The Labute approximate surface area is 105 Å². The van der Waals surface area contributed by atoms with Crippen molar-refractivity contribution in [1.82, 2.24) is 29.8 Å². The molecule has 7 nitrogen and oxygen atoms in total. The van der Waals surface area contributed by atoms with E-state index < -0.39 is 0 Å². The van der Waals surface area contributed by atoms with Gasteiger partial charge in [0.2, 0.25) is 0 Å². The number of nitrogens with two attached hydrogens (primary N) is 1. The van der Waals surface area contributed by atoms with Gasteiger partial charge in [0.1, 0.15) is 6.33 Å². The smallest absolute Gasteiger partial charge is 0.186 e. The highest BCUT2D eigenvalue weighted by Crippen LogP contribution is 2.31. The standard InChI is InChI=1S/C11H17N7/c12-5-6-17-7-10(14-16-17)11-15-13-8-18(11)9-3-1-2-4-9/h7-9H,1-6,12H2. The Bertz CT molecular complexity index is 509. The summed E-state index contributed by atoms with van der Waals surface area (Å²) in [6.45, 7) is 1.22. The second-order valence-corrected chi connectivity index (χ2v) is 4.66. The van der Waals surface area contributed by atoms with Gasteiger partial charge in [0, 0.05) is 12.6 Å². The minimum Gasteiger partial charge on any atom is -0.329 e. The number of nitrogens with zero attached hydrogens (tertiary/aromatic N) is 6. The van der Waals surface area contributed by atoms with Crippen LogP contribution < -0.4 is 5.73 Å². The van der Waals surface area contributed by atoms with Gasteiger partial charge in [-0.3, -0.25) is 4.68 Å². The van der Waals surface area contributed by atoms with Crippen molar-refractivity contribution in [2.24, 2.45) is 5.73 Å². The van der Waals surface area contributed by atoms with E-state index in [2.05, 4.69) is 25.1 Å². The first-order valence-corrected chi connectivity index (χ1v) is 6.38. The van der Waals surface area contributed by atoms with Crippen LogP contribution in [0.1, 0.15) is 31.7 Å². The van der Waals surface area contributed by atoms with Gasteiger partial charge in [0.25, 0.3) is 0 Å². The van der Waals surface area contributed by atoms with Gasteiger partial charge < -0.3 is 10.3 Å². The first-order valence-electron chi connectivity index (χ1n) is 6.38. The average Bonchev–Trinajstić information content (AvgIpc) is 3.10. The van der Waals surface area contributed by atoms with Gasteiger partial charge in [-0.2, -0.15) is 0 Å². The van der Waals surface area contributed by atoms with Crippen molar-refractivity contribution in [2.45, 2.75) is 38.3 Å². The zero-order valence-corrected chi connectivity index (χ0v) is 10.2. The summed E-state index contributed by atoms with van der Waals surface area (Å²) in [5.41, 5.74) is 6.27. The molecule has 18 heavy (non-hydrogen) atoms. The van der Waals surface area contributed by atoms with Gasteiger partial charge in [0.05, 0.1) is 12.7 Å². The molecule has 0 radical (unpaired) electrons. The number of hydrogen-bond acceptors (Lipinski definition) is 5. The summed E-state index contributed by atoms with van der Waals surface area (Å²) in [5, 5.41) is 16.4. The third-order valence-corrected chi connectivity index (χ3v) is 3.42. The Morgan fingerprint density at radius 1 is 1.28 bits per heavy atom. The molecule has 0 bridgehead atoms. The van der Waals surface area contributed by atoms with Crippen molar-refractivity contribution in [1.29, 1.82) is 0 Å². The van der Waals surface area contributed by atoms with Crippen LogP contribution in [0, 0.1) is 0 Å². The van der Waals surface area contributed by atoms with Crippen LogP contribution in [0.4, 0.5) is 0 Å². The van der Waals surface area contributed by atoms with Crippen molar-refractivity contribution in [3.05, 3.63) is 12.5 Å². The van der Waals surface area contributed by atoms with Crippen molar-refractivity contribution in [3.63, 3.8) is 0 Å². The van der Waals surface area contributed by atoms with E-state index >= 15 is 0 Å². The molecule has 0 atom stereocenters. The first-order chi connectivity index (χ1) is 8.88. The summed E-state index contributed by atoms with van der Waals surface area (Å²) in [6, 6.07) is 0.509. The lowest BCUT2D eigenvalue weighted by Gasteiger charge is -2.11. The largest absolute Gasteiger partial charge is 0.329 e. The van der Waals surface area contributed by atoms with Gasteiger partial charge in [0.15, 0.2) is 11.5 Å². The molecule has 0 aromatic carbocycles. The van der Waals surface area contributed by atoms with Crippen molar-refractivity contribution < 1.29 is 0 Å². The summed E-state index contributed by atoms with van der Waals surface area (Å²) < 4.78 is 3.87. The van der Waals surface area contributed by atoms with Crippen LogP contribution in [0.3, 0.4) is 0 Å². The number of aromatic nitrogens is 6. The summed E-state index contributed by atoms with van der Waals surface area (Å²) in [4.78, 5) is 0. The molecular formula is C11H17N7. The van der Waals surface area contributed by atoms with E-state index in [0.29, 0.717) is 19.1 Å². The fourth-order valence-electron chi connectivity index (χ4n) is 2.52. The zero-order valence-electron chi connectivity index (χ0n) is 10.2. The third kappa shape index (κ3) is 2.01. The molecule has 2 N–H and O–H groups in total. The maximum absolute atomic E-state index is 5.50. The van der Waals surface area contributed by atoms with Crippen LogP contribution in [0.5, 0.6) is 0 Å². The van der Waals surface area contributed by atoms with Gasteiger partial charge >= 0.3 is 0 Å². The lowest BCUT2D eigenvalue weighted by Crippen LogP contribution is -2.10. The van der Waals surface area contributed by atoms with Crippen LogP contribution in [0.2, 0.25) is 0 Å². The molecule has 1 aliphatic rings. The summed E-state index contributed by atoms with van der Waals surface area (Å²) in [7, 11) is 0. The molecule has 0 saturated heterocycles. The highest BCUT2D eigenvalue weighted by molar-refractivity contribution is 5.46. The molecule has 7 heteroatoms. The van der Waals surface area contributed by atoms with Crippen LogP contribution in [-0.2, 0) is 6.54 Å². The van der Waals surface area contributed by atoms with Crippen molar-refractivity contribution >= 4 is 0 Å². The topological polar surface area (TPSA) is 87.4 Å². The van der Waals surface area contributed by atoms with Gasteiger partial charge in [-0.05, 0) is 12.8 Å². The van der Waals surface area contributed by atoms with Crippen LogP contribution in [0.25, 0.3) is 11.5 Å². The molecule has 96 valence electrons. The predicted molar refractivity (Wildman–Crippen MR) is 65.6 cm³/mol. The maximum Gasteiger partial charge on any atom is 0.186 e. The first kappa shape index (κ1) is 11.3. The Hall–Kier alpha value is -1.76. The monoisotopic (exact) mass is 247 g/mol. The maximum atomic E-state index is 5.50. The Morgan fingerprint density at radius 2 is 2.11 bits per heavy atom. The zero-order chi connectivity index (χ0) is 12.4. The summed E-state index contributed by atoms with van der Waals surface area (Å²) in [6.07, 6.45) is 8.63. The normalized spacial score (nSPS) is 16.5. The molecule has 0 aliphatic heterocycles. The summed E-state index contributed by atoms with van der Waals surface area (Å²) >= 11 is 0. The third-order valence-electron chi connectivity index (χ3n) is 3.42. The van der Waals surface area contributed by atoms with E-state index in [1.807, 2.05) is 6.20 Å². The molecule has 0 amide bonds. The molecule has 3 rings (SSSR count). The fourth-order valence-corrected chi connectivity index (χ4v) is 2.52. The highest BCUT2D eigenvalue weighted by Gasteiger charge is 2.21. The highest BCUT2D eigenvalue weighted by atomic mass is 15.4. The van der Waals surface area contributed by atoms with E-state index in [1.54, 1.807) is 11.0 Å². The molecule has 2 aromatic heterocycles. The Morgan fingerprint density at radius 3 is 2.89 bits per heavy atom. The van der Waals surface area contributed by atoms with Gasteiger partial charge in [-0.1, -0.05) is 18.1 Å². The molecule has 1 saturated carbocycles.